The molecule has 116 valence electrons. The molecule has 1 heterocycles. The first-order valence-electron chi connectivity index (χ1n) is 7.40. The summed E-state index contributed by atoms with van der Waals surface area (Å²) in [5, 5.41) is 2.69. The van der Waals surface area contributed by atoms with Crippen LogP contribution < -0.4 is 5.32 Å². The highest BCUT2D eigenvalue weighted by molar-refractivity contribution is 5.84. The maximum atomic E-state index is 13.3. The third-order valence-corrected chi connectivity index (χ3v) is 4.71. The van der Waals surface area contributed by atoms with E-state index in [1.165, 1.54) is 18.4 Å². The van der Waals surface area contributed by atoms with Crippen molar-refractivity contribution >= 4 is 5.91 Å². The van der Waals surface area contributed by atoms with Crippen LogP contribution >= 0.6 is 0 Å². The summed E-state index contributed by atoms with van der Waals surface area (Å²) in [7, 11) is 1.52. The number of hydrogen-bond acceptors (Lipinski definition) is 2. The van der Waals surface area contributed by atoms with Crippen LogP contribution in [-0.4, -0.2) is 43.7 Å². The lowest BCUT2D eigenvalue weighted by molar-refractivity contribution is -0.221. The molecule has 0 spiro atoms. The van der Waals surface area contributed by atoms with Crippen LogP contribution in [0.3, 0.4) is 0 Å². The normalized spacial score (nSPS) is 28.6. The van der Waals surface area contributed by atoms with E-state index >= 15 is 0 Å². The molecule has 2 aliphatic rings. The molecule has 1 aliphatic heterocycles. The van der Waals surface area contributed by atoms with Crippen molar-refractivity contribution in [3.63, 3.8) is 0 Å². The molecule has 0 aromatic rings. The second kappa shape index (κ2) is 5.92. The van der Waals surface area contributed by atoms with E-state index in [4.69, 9.17) is 0 Å². The lowest BCUT2D eigenvalue weighted by atomic mass is 9.83. The zero-order valence-corrected chi connectivity index (χ0v) is 11.9. The number of nitrogens with one attached hydrogen (secondary N) is 1. The fourth-order valence-corrected chi connectivity index (χ4v) is 3.44. The summed E-state index contributed by atoms with van der Waals surface area (Å²) in [5.41, 5.74) is -2.21. The Morgan fingerprint density at radius 3 is 2.45 bits per heavy atom. The van der Waals surface area contributed by atoms with Gasteiger partial charge in [0, 0.05) is 20.1 Å². The number of amides is 1. The van der Waals surface area contributed by atoms with Gasteiger partial charge in [-0.1, -0.05) is 19.3 Å². The van der Waals surface area contributed by atoms with Crippen LogP contribution in [0.25, 0.3) is 0 Å². The second-order valence-electron chi connectivity index (χ2n) is 6.20. The zero-order valence-electron chi connectivity index (χ0n) is 11.9. The fourth-order valence-electron chi connectivity index (χ4n) is 3.44. The van der Waals surface area contributed by atoms with E-state index in [-0.39, 0.29) is 19.5 Å². The number of alkyl halides is 3. The van der Waals surface area contributed by atoms with Crippen LogP contribution in [0.5, 0.6) is 0 Å². The molecule has 0 radical (unpaired) electrons. The summed E-state index contributed by atoms with van der Waals surface area (Å²) in [6.45, 7) is 0.420. The van der Waals surface area contributed by atoms with Crippen LogP contribution in [-0.2, 0) is 4.79 Å². The largest absolute Gasteiger partial charge is 0.404 e. The summed E-state index contributed by atoms with van der Waals surface area (Å²) in [6.07, 6.45) is 0.866. The van der Waals surface area contributed by atoms with Gasteiger partial charge >= 0.3 is 6.18 Å². The minimum atomic E-state index is -4.48. The molecule has 1 saturated heterocycles. The Kier molecular flexibility index (Phi) is 4.62. The van der Waals surface area contributed by atoms with E-state index in [2.05, 4.69) is 5.32 Å². The number of hydrogen-bond donors (Lipinski definition) is 1. The molecule has 1 atom stereocenters. The Hall–Kier alpha value is -0.780. The Morgan fingerprint density at radius 1 is 1.30 bits per heavy atom. The van der Waals surface area contributed by atoms with Gasteiger partial charge in [-0.15, -0.1) is 0 Å². The highest BCUT2D eigenvalue weighted by Gasteiger charge is 2.62. The maximum absolute atomic E-state index is 13.3. The quantitative estimate of drug-likeness (QED) is 0.867. The Bertz CT molecular complexity index is 345. The maximum Gasteiger partial charge on any atom is 0.404 e. The molecule has 1 saturated carbocycles. The van der Waals surface area contributed by atoms with Gasteiger partial charge in [0.25, 0.3) is 0 Å². The van der Waals surface area contributed by atoms with E-state index in [1.807, 2.05) is 0 Å². The van der Waals surface area contributed by atoms with Gasteiger partial charge in [-0.2, -0.15) is 13.2 Å². The SMILES string of the molecule is CN(CC1CCCCC1)C(=O)C1(C(F)(F)F)CCNC1. The number of rotatable bonds is 3. The zero-order chi connectivity index (χ0) is 14.8. The third kappa shape index (κ3) is 2.95. The van der Waals surface area contributed by atoms with E-state index in [0.29, 0.717) is 12.5 Å². The Morgan fingerprint density at radius 2 is 1.95 bits per heavy atom. The van der Waals surface area contributed by atoms with Crippen molar-refractivity contribution in [3.05, 3.63) is 0 Å². The number of carbonyl (C=O) groups excluding carboxylic acids is 1. The van der Waals surface area contributed by atoms with Crippen molar-refractivity contribution < 1.29 is 18.0 Å². The number of nitrogens with zero attached hydrogens (tertiary/aromatic N) is 1. The van der Waals surface area contributed by atoms with E-state index in [9.17, 15) is 18.0 Å². The minimum Gasteiger partial charge on any atom is -0.345 e. The molecule has 0 aromatic heterocycles. The van der Waals surface area contributed by atoms with Crippen LogP contribution in [0.2, 0.25) is 0 Å². The van der Waals surface area contributed by atoms with Gasteiger partial charge in [0.05, 0.1) is 0 Å². The average molecular weight is 292 g/mol. The average Bonchev–Trinajstić information content (AvgIpc) is 2.89. The van der Waals surface area contributed by atoms with Gasteiger partial charge in [-0.3, -0.25) is 4.79 Å². The van der Waals surface area contributed by atoms with Gasteiger partial charge < -0.3 is 10.2 Å². The van der Waals surface area contributed by atoms with Crippen molar-refractivity contribution in [2.24, 2.45) is 11.3 Å². The monoisotopic (exact) mass is 292 g/mol. The molecule has 2 rings (SSSR count). The van der Waals surface area contributed by atoms with Crippen molar-refractivity contribution in [2.45, 2.75) is 44.7 Å². The lowest BCUT2D eigenvalue weighted by Crippen LogP contribution is -2.53. The van der Waals surface area contributed by atoms with Crippen molar-refractivity contribution in [1.29, 1.82) is 0 Å². The predicted octanol–water partition coefficient (Wildman–Crippen LogP) is 2.57. The van der Waals surface area contributed by atoms with Crippen molar-refractivity contribution in [2.75, 3.05) is 26.7 Å². The lowest BCUT2D eigenvalue weighted by Gasteiger charge is -2.35. The first-order chi connectivity index (χ1) is 9.37. The Labute approximate surface area is 117 Å². The summed E-state index contributed by atoms with van der Waals surface area (Å²) in [6, 6.07) is 0. The third-order valence-electron chi connectivity index (χ3n) is 4.71. The standard InChI is InChI=1S/C14H23F3N2O/c1-19(9-11-5-3-2-4-6-11)12(20)13(14(15,16)17)7-8-18-10-13/h11,18H,2-10H2,1H3. The highest BCUT2D eigenvalue weighted by Crippen LogP contribution is 2.44. The molecule has 1 aliphatic carbocycles. The van der Waals surface area contributed by atoms with E-state index in [1.54, 1.807) is 0 Å². The van der Waals surface area contributed by atoms with Crippen LogP contribution in [0.15, 0.2) is 0 Å². The number of halogens is 3. The molecule has 20 heavy (non-hydrogen) atoms. The predicted molar refractivity (Wildman–Crippen MR) is 70.2 cm³/mol. The van der Waals surface area contributed by atoms with Crippen LogP contribution in [0.1, 0.15) is 38.5 Å². The summed E-state index contributed by atoms with van der Waals surface area (Å²) >= 11 is 0. The van der Waals surface area contributed by atoms with Crippen LogP contribution in [0, 0.1) is 11.3 Å². The molecule has 3 nitrogen and oxygen atoms in total. The molecule has 2 fully saturated rings. The van der Waals surface area contributed by atoms with Gasteiger partial charge in [0.2, 0.25) is 5.91 Å². The van der Waals surface area contributed by atoms with Gasteiger partial charge in [-0.25, -0.2) is 0 Å². The summed E-state index contributed by atoms with van der Waals surface area (Å²) in [4.78, 5) is 13.7. The highest BCUT2D eigenvalue weighted by atomic mass is 19.4. The topological polar surface area (TPSA) is 32.3 Å². The van der Waals surface area contributed by atoms with Gasteiger partial charge in [0.15, 0.2) is 5.41 Å². The molecule has 1 N–H and O–H groups in total. The fraction of sp³-hybridized carbons (Fsp3) is 0.929. The first-order valence-corrected chi connectivity index (χ1v) is 7.40. The summed E-state index contributed by atoms with van der Waals surface area (Å²) < 4.78 is 40.0. The molecule has 0 aromatic carbocycles. The van der Waals surface area contributed by atoms with Crippen molar-refractivity contribution in [3.8, 4) is 0 Å². The molecular weight excluding hydrogens is 269 g/mol. The molecule has 0 bridgehead atoms. The number of carbonyl (C=O) groups is 1. The van der Waals surface area contributed by atoms with Gasteiger partial charge in [-0.05, 0) is 31.7 Å². The smallest absolute Gasteiger partial charge is 0.345 e. The molecular formula is C14H23F3N2O. The van der Waals surface area contributed by atoms with Crippen LogP contribution in [0.4, 0.5) is 13.2 Å². The van der Waals surface area contributed by atoms with E-state index < -0.39 is 17.5 Å². The van der Waals surface area contributed by atoms with Crippen molar-refractivity contribution in [1.82, 2.24) is 10.2 Å². The molecule has 1 unspecified atom stereocenters. The first kappa shape index (κ1) is 15.6. The molecule has 6 heteroatoms. The van der Waals surface area contributed by atoms with E-state index in [0.717, 1.165) is 25.7 Å². The van der Waals surface area contributed by atoms with Gasteiger partial charge in [0.1, 0.15) is 0 Å². The minimum absolute atomic E-state index is 0.148. The Balaban J connectivity index is 2.03. The second-order valence-corrected chi connectivity index (χ2v) is 6.20. The molecule has 1 amide bonds. The summed E-state index contributed by atoms with van der Waals surface area (Å²) in [5.74, 6) is -0.405.